The molecule has 2 aromatic rings. The third-order valence-electron chi connectivity index (χ3n) is 2.23. The summed E-state index contributed by atoms with van der Waals surface area (Å²) < 4.78 is 1.42. The summed E-state index contributed by atoms with van der Waals surface area (Å²) in [7, 11) is 1.64. The highest BCUT2D eigenvalue weighted by atomic mass is 35.5. The van der Waals surface area contributed by atoms with Crippen LogP contribution in [-0.4, -0.2) is 15.6 Å². The van der Waals surface area contributed by atoms with E-state index in [0.717, 1.165) is 0 Å². The van der Waals surface area contributed by atoms with Crippen LogP contribution in [0.5, 0.6) is 0 Å². The van der Waals surface area contributed by atoms with Crippen molar-refractivity contribution < 1.29 is 4.79 Å². The van der Waals surface area contributed by atoms with Gasteiger partial charge in [0.05, 0.1) is 11.2 Å². The lowest BCUT2D eigenvalue weighted by molar-refractivity contribution is 0.103. The number of hydrogen-bond acceptors (Lipinski definition) is 2. The fraction of sp³-hybridized carbons (Fsp3) is 0.0909. The van der Waals surface area contributed by atoms with Crippen LogP contribution in [0.1, 0.15) is 16.1 Å². The second kappa shape index (κ2) is 4.69. The van der Waals surface area contributed by atoms with E-state index in [9.17, 15) is 4.79 Å². The summed E-state index contributed by atoms with van der Waals surface area (Å²) in [4.78, 5) is 12.2. The largest absolute Gasteiger partial charge is 0.287 e. The van der Waals surface area contributed by atoms with E-state index >= 15 is 0 Å². The van der Waals surface area contributed by atoms with Crippen LogP contribution in [-0.2, 0) is 7.05 Å². The van der Waals surface area contributed by atoms with E-state index in [-0.39, 0.29) is 5.78 Å². The molecule has 1 aromatic heterocycles. The second-order valence-corrected chi connectivity index (χ2v) is 4.73. The van der Waals surface area contributed by atoms with E-state index in [1.165, 1.54) is 10.9 Å². The number of carbonyl (C=O) groups excluding carboxylic acids is 1. The Bertz CT molecular complexity index is 553. The number of rotatable bonds is 2. The second-order valence-electron chi connectivity index (χ2n) is 3.45. The monoisotopic (exact) mass is 288 g/mol. The molecular weight excluding hydrogens is 282 g/mol. The molecule has 0 spiro atoms. The summed E-state index contributed by atoms with van der Waals surface area (Å²) in [5.41, 5.74) is 0.693. The summed E-state index contributed by atoms with van der Waals surface area (Å²) in [6.45, 7) is 0. The van der Waals surface area contributed by atoms with Gasteiger partial charge in [0, 0.05) is 22.7 Å². The van der Waals surface area contributed by atoms with Crippen molar-refractivity contribution in [2.45, 2.75) is 0 Å². The SMILES string of the molecule is Cn1ncc(Cl)c1C(=O)c1cc(Cl)cc(Cl)c1. The topological polar surface area (TPSA) is 34.9 Å². The highest BCUT2D eigenvalue weighted by Gasteiger charge is 2.18. The minimum atomic E-state index is -0.264. The Morgan fingerprint density at radius 3 is 2.24 bits per heavy atom. The van der Waals surface area contributed by atoms with Crippen molar-refractivity contribution in [2.24, 2.45) is 7.05 Å². The van der Waals surface area contributed by atoms with Crippen LogP contribution in [0, 0.1) is 0 Å². The van der Waals surface area contributed by atoms with Crippen LogP contribution in [0.3, 0.4) is 0 Å². The maximum absolute atomic E-state index is 12.2. The predicted octanol–water partition coefficient (Wildman–Crippen LogP) is 3.61. The molecule has 0 unspecified atom stereocenters. The van der Waals surface area contributed by atoms with Crippen LogP contribution in [0.4, 0.5) is 0 Å². The molecule has 0 atom stereocenters. The molecule has 0 radical (unpaired) electrons. The maximum atomic E-state index is 12.2. The highest BCUT2D eigenvalue weighted by Crippen LogP contribution is 2.23. The van der Waals surface area contributed by atoms with Gasteiger partial charge in [0.25, 0.3) is 0 Å². The van der Waals surface area contributed by atoms with Crippen molar-refractivity contribution in [3.05, 3.63) is 50.7 Å². The van der Waals surface area contributed by atoms with Gasteiger partial charge in [0.15, 0.2) is 0 Å². The number of benzene rings is 1. The van der Waals surface area contributed by atoms with Crippen LogP contribution in [0.15, 0.2) is 24.4 Å². The van der Waals surface area contributed by atoms with Gasteiger partial charge < -0.3 is 0 Å². The zero-order chi connectivity index (χ0) is 12.6. The molecule has 0 aliphatic carbocycles. The Balaban J connectivity index is 2.51. The molecule has 2 rings (SSSR count). The number of ketones is 1. The third kappa shape index (κ3) is 2.46. The van der Waals surface area contributed by atoms with Crippen molar-refractivity contribution >= 4 is 40.6 Å². The van der Waals surface area contributed by atoms with Crippen molar-refractivity contribution in [2.75, 3.05) is 0 Å². The fourth-order valence-corrected chi connectivity index (χ4v) is 2.27. The molecule has 0 aliphatic heterocycles. The number of aryl methyl sites for hydroxylation is 1. The van der Waals surface area contributed by atoms with Crippen LogP contribution in [0.25, 0.3) is 0 Å². The van der Waals surface area contributed by atoms with Gasteiger partial charge in [-0.15, -0.1) is 0 Å². The lowest BCUT2D eigenvalue weighted by atomic mass is 10.1. The average Bonchev–Trinajstić information content (AvgIpc) is 2.56. The Kier molecular flexibility index (Phi) is 3.43. The normalized spacial score (nSPS) is 10.6. The Labute approximate surface area is 113 Å². The van der Waals surface area contributed by atoms with Gasteiger partial charge in [-0.2, -0.15) is 5.10 Å². The molecule has 3 nitrogen and oxygen atoms in total. The standard InChI is InChI=1S/C11H7Cl3N2O/c1-16-10(9(14)5-15-16)11(17)6-2-7(12)4-8(13)3-6/h2-5H,1H3. The quantitative estimate of drug-likeness (QED) is 0.792. The van der Waals surface area contributed by atoms with Crippen LogP contribution < -0.4 is 0 Å². The van der Waals surface area contributed by atoms with Gasteiger partial charge in [-0.25, -0.2) is 0 Å². The molecule has 1 heterocycles. The first-order valence-electron chi connectivity index (χ1n) is 4.67. The molecule has 0 saturated carbocycles. The van der Waals surface area contributed by atoms with Gasteiger partial charge in [0.2, 0.25) is 5.78 Å². The number of nitrogens with zero attached hydrogens (tertiary/aromatic N) is 2. The average molecular weight is 290 g/mol. The predicted molar refractivity (Wildman–Crippen MR) is 68.1 cm³/mol. The Morgan fingerprint density at radius 1 is 1.18 bits per heavy atom. The number of hydrogen-bond donors (Lipinski definition) is 0. The van der Waals surface area contributed by atoms with Gasteiger partial charge in [-0.3, -0.25) is 9.48 Å². The lowest BCUT2D eigenvalue weighted by Gasteiger charge is -2.04. The molecule has 0 fully saturated rings. The summed E-state index contributed by atoms with van der Waals surface area (Å²) in [6, 6.07) is 4.64. The molecule has 6 heteroatoms. The van der Waals surface area contributed by atoms with Gasteiger partial charge in [-0.1, -0.05) is 34.8 Å². The zero-order valence-corrected chi connectivity index (χ0v) is 11.0. The summed E-state index contributed by atoms with van der Waals surface area (Å²) in [5, 5.41) is 5.01. The number of carbonyl (C=O) groups is 1. The van der Waals surface area contributed by atoms with E-state index in [4.69, 9.17) is 34.8 Å². The van der Waals surface area contributed by atoms with Gasteiger partial charge in [0.1, 0.15) is 5.69 Å². The van der Waals surface area contributed by atoms with E-state index < -0.39 is 0 Å². The summed E-state index contributed by atoms with van der Waals surface area (Å²) in [6.07, 6.45) is 1.42. The van der Waals surface area contributed by atoms with Gasteiger partial charge in [-0.05, 0) is 18.2 Å². The molecule has 88 valence electrons. The summed E-state index contributed by atoms with van der Waals surface area (Å²) >= 11 is 17.6. The van der Waals surface area contributed by atoms with Crippen molar-refractivity contribution in [3.8, 4) is 0 Å². The molecule has 17 heavy (non-hydrogen) atoms. The first kappa shape index (κ1) is 12.4. The maximum Gasteiger partial charge on any atom is 0.212 e. The molecule has 0 N–H and O–H groups in total. The Morgan fingerprint density at radius 2 is 1.76 bits per heavy atom. The summed E-state index contributed by atoms with van der Waals surface area (Å²) in [5.74, 6) is -0.264. The first-order valence-corrected chi connectivity index (χ1v) is 5.80. The molecule has 0 aliphatic rings. The van der Waals surface area contributed by atoms with Gasteiger partial charge >= 0.3 is 0 Å². The smallest absolute Gasteiger partial charge is 0.212 e. The minimum Gasteiger partial charge on any atom is -0.287 e. The highest BCUT2D eigenvalue weighted by molar-refractivity contribution is 6.36. The number of halogens is 3. The molecule has 1 aromatic carbocycles. The number of aromatic nitrogens is 2. The lowest BCUT2D eigenvalue weighted by Crippen LogP contribution is -2.08. The van der Waals surface area contributed by atoms with Crippen molar-refractivity contribution in [1.29, 1.82) is 0 Å². The van der Waals surface area contributed by atoms with E-state index in [0.29, 0.717) is 26.3 Å². The third-order valence-corrected chi connectivity index (χ3v) is 2.95. The molecule has 0 bridgehead atoms. The van der Waals surface area contributed by atoms with Crippen molar-refractivity contribution in [1.82, 2.24) is 9.78 Å². The zero-order valence-electron chi connectivity index (χ0n) is 8.75. The molecule has 0 saturated heterocycles. The van der Waals surface area contributed by atoms with Crippen molar-refractivity contribution in [3.63, 3.8) is 0 Å². The first-order chi connectivity index (χ1) is 7.99. The molecular formula is C11H7Cl3N2O. The van der Waals surface area contributed by atoms with E-state index in [1.807, 2.05) is 0 Å². The molecule has 0 amide bonds. The van der Waals surface area contributed by atoms with Crippen LogP contribution >= 0.6 is 34.8 Å². The van der Waals surface area contributed by atoms with Crippen LogP contribution in [0.2, 0.25) is 15.1 Å². The van der Waals surface area contributed by atoms with E-state index in [1.54, 1.807) is 25.2 Å². The van der Waals surface area contributed by atoms with E-state index in [2.05, 4.69) is 5.10 Å². The fourth-order valence-electron chi connectivity index (χ4n) is 1.49. The Hall–Kier alpha value is -1.03. The minimum absolute atomic E-state index is 0.264.